The highest BCUT2D eigenvalue weighted by atomic mass is 19.4. The molecule has 0 aliphatic rings. The maximum Gasteiger partial charge on any atom is 0.416 e. The molecule has 4 aromatic rings. The summed E-state index contributed by atoms with van der Waals surface area (Å²) in [6, 6.07) is 14.5. The molecule has 0 saturated carbocycles. The van der Waals surface area contributed by atoms with Crippen molar-refractivity contribution in [3.8, 4) is 11.1 Å². The quantitative estimate of drug-likeness (QED) is 0.527. The Morgan fingerprint density at radius 1 is 0.963 bits per heavy atom. The monoisotopic (exact) mass is 368 g/mol. The van der Waals surface area contributed by atoms with Crippen molar-refractivity contribution in [1.29, 1.82) is 0 Å². The van der Waals surface area contributed by atoms with Gasteiger partial charge in [-0.1, -0.05) is 18.2 Å². The lowest BCUT2D eigenvalue weighted by atomic mass is 10.0. The molecule has 0 aliphatic heterocycles. The highest BCUT2D eigenvalue weighted by Gasteiger charge is 2.29. The molecule has 0 unspecified atom stereocenters. The van der Waals surface area contributed by atoms with Crippen molar-refractivity contribution in [3.05, 3.63) is 72.6 Å². The predicted octanol–water partition coefficient (Wildman–Crippen LogP) is 5.40. The number of hydrogen-bond acceptors (Lipinski definition) is 3. The van der Waals surface area contributed by atoms with Crippen LogP contribution in [0.1, 0.15) is 5.56 Å². The van der Waals surface area contributed by atoms with E-state index in [0.29, 0.717) is 11.4 Å². The van der Waals surface area contributed by atoms with Gasteiger partial charge < -0.3 is 5.32 Å². The van der Waals surface area contributed by atoms with Crippen molar-refractivity contribution in [1.82, 2.24) is 14.8 Å². The first-order valence-electron chi connectivity index (χ1n) is 8.23. The van der Waals surface area contributed by atoms with Gasteiger partial charge in [-0.15, -0.1) is 0 Å². The number of fused-ring (bicyclic) bond motifs is 1. The lowest BCUT2D eigenvalue weighted by molar-refractivity contribution is -0.137. The third-order valence-electron chi connectivity index (χ3n) is 4.36. The second kappa shape index (κ2) is 6.42. The summed E-state index contributed by atoms with van der Waals surface area (Å²) >= 11 is 0. The van der Waals surface area contributed by atoms with E-state index < -0.39 is 11.7 Å². The Balaban J connectivity index is 1.64. The third kappa shape index (κ3) is 3.36. The van der Waals surface area contributed by atoms with Gasteiger partial charge in [0.25, 0.3) is 0 Å². The van der Waals surface area contributed by atoms with Crippen molar-refractivity contribution in [2.24, 2.45) is 7.05 Å². The maximum absolute atomic E-state index is 12.7. The van der Waals surface area contributed by atoms with Crippen LogP contribution in [0.15, 0.2) is 67.0 Å². The van der Waals surface area contributed by atoms with Crippen molar-refractivity contribution >= 4 is 22.4 Å². The molecule has 27 heavy (non-hydrogen) atoms. The number of alkyl halides is 3. The van der Waals surface area contributed by atoms with E-state index in [1.54, 1.807) is 29.2 Å². The Hall–Kier alpha value is -3.35. The van der Waals surface area contributed by atoms with Gasteiger partial charge in [0.05, 0.1) is 23.0 Å². The zero-order chi connectivity index (χ0) is 19.0. The molecule has 0 atom stereocenters. The smallest absolute Gasteiger partial charge is 0.340 e. The van der Waals surface area contributed by atoms with E-state index in [1.807, 2.05) is 25.2 Å². The van der Waals surface area contributed by atoms with Gasteiger partial charge in [0.15, 0.2) is 0 Å². The summed E-state index contributed by atoms with van der Waals surface area (Å²) in [6.45, 7) is 0. The molecular weight excluding hydrogens is 353 g/mol. The van der Waals surface area contributed by atoms with Gasteiger partial charge in [-0.2, -0.15) is 18.3 Å². The molecule has 0 radical (unpaired) electrons. The zero-order valence-electron chi connectivity index (χ0n) is 14.3. The Morgan fingerprint density at radius 3 is 2.48 bits per heavy atom. The molecule has 0 fully saturated rings. The van der Waals surface area contributed by atoms with Crippen LogP contribution in [-0.2, 0) is 13.2 Å². The van der Waals surface area contributed by atoms with Gasteiger partial charge in [-0.05, 0) is 47.5 Å². The fraction of sp³-hybridized carbons (Fsp3) is 0.100. The molecule has 0 spiro atoms. The van der Waals surface area contributed by atoms with Crippen LogP contribution in [0.4, 0.5) is 24.7 Å². The molecule has 0 amide bonds. The van der Waals surface area contributed by atoms with E-state index in [9.17, 15) is 13.2 Å². The Labute approximate surface area is 153 Å². The number of anilines is 2. The fourth-order valence-electron chi connectivity index (χ4n) is 2.95. The van der Waals surface area contributed by atoms with Crippen LogP contribution in [0.25, 0.3) is 22.0 Å². The van der Waals surface area contributed by atoms with E-state index in [-0.39, 0.29) is 0 Å². The molecule has 2 heterocycles. The summed E-state index contributed by atoms with van der Waals surface area (Å²) < 4.78 is 40.0. The molecule has 136 valence electrons. The molecule has 4 nitrogen and oxygen atoms in total. The minimum Gasteiger partial charge on any atom is -0.340 e. The number of nitrogens with one attached hydrogen (secondary N) is 1. The topological polar surface area (TPSA) is 42.7 Å². The first kappa shape index (κ1) is 17.1. The number of pyridine rings is 1. The van der Waals surface area contributed by atoms with Crippen LogP contribution in [0, 0.1) is 0 Å². The number of aromatic nitrogens is 3. The van der Waals surface area contributed by atoms with Crippen LogP contribution >= 0.6 is 0 Å². The van der Waals surface area contributed by atoms with Gasteiger partial charge >= 0.3 is 6.18 Å². The van der Waals surface area contributed by atoms with E-state index >= 15 is 0 Å². The molecule has 0 saturated heterocycles. The maximum atomic E-state index is 12.7. The van der Waals surface area contributed by atoms with Crippen LogP contribution in [0.3, 0.4) is 0 Å². The SMILES string of the molecule is Cn1ncc2c(Nc3cc(-c4ccc(C(F)(F)F)cc4)ccn3)cccc21. The molecule has 0 aliphatic carbocycles. The molecule has 1 N–H and O–H groups in total. The minimum absolute atomic E-state index is 0.601. The number of aryl methyl sites for hydroxylation is 1. The van der Waals surface area contributed by atoms with Crippen LogP contribution < -0.4 is 5.32 Å². The molecule has 2 aromatic carbocycles. The van der Waals surface area contributed by atoms with Crippen LogP contribution in [-0.4, -0.2) is 14.8 Å². The molecular formula is C20H15F3N4. The summed E-state index contributed by atoms with van der Waals surface area (Å²) in [5.74, 6) is 0.601. The standard InChI is InChI=1S/C20H15F3N4/c1-27-18-4-2-3-17(16(18)12-25-27)26-19-11-14(9-10-24-19)13-5-7-15(8-6-13)20(21,22)23/h2-12H,1H3,(H,24,26). The van der Waals surface area contributed by atoms with Gasteiger partial charge in [0, 0.05) is 18.6 Å². The average molecular weight is 368 g/mol. The lowest BCUT2D eigenvalue weighted by Crippen LogP contribution is -2.04. The van der Waals surface area contributed by atoms with Gasteiger partial charge in [-0.25, -0.2) is 4.98 Å². The average Bonchev–Trinajstić information content (AvgIpc) is 3.04. The van der Waals surface area contributed by atoms with Crippen molar-refractivity contribution in [2.45, 2.75) is 6.18 Å². The van der Waals surface area contributed by atoms with Crippen LogP contribution in [0.5, 0.6) is 0 Å². The van der Waals surface area contributed by atoms with Gasteiger partial charge in [0.1, 0.15) is 5.82 Å². The normalized spacial score (nSPS) is 11.7. The van der Waals surface area contributed by atoms with Crippen molar-refractivity contribution < 1.29 is 13.2 Å². The molecule has 2 aromatic heterocycles. The Bertz CT molecular complexity index is 1100. The number of hydrogen-bond donors (Lipinski definition) is 1. The summed E-state index contributed by atoms with van der Waals surface area (Å²) in [7, 11) is 1.87. The lowest BCUT2D eigenvalue weighted by Gasteiger charge is -2.10. The third-order valence-corrected chi connectivity index (χ3v) is 4.36. The number of nitrogens with zero attached hydrogens (tertiary/aromatic N) is 3. The number of benzene rings is 2. The minimum atomic E-state index is -4.34. The van der Waals surface area contributed by atoms with Gasteiger partial charge in [-0.3, -0.25) is 4.68 Å². The van der Waals surface area contributed by atoms with Crippen molar-refractivity contribution in [2.75, 3.05) is 5.32 Å². The Kier molecular flexibility index (Phi) is 4.07. The number of rotatable bonds is 3. The van der Waals surface area contributed by atoms with E-state index in [0.717, 1.165) is 34.3 Å². The summed E-state index contributed by atoms with van der Waals surface area (Å²) in [5, 5.41) is 8.48. The fourth-order valence-corrected chi connectivity index (χ4v) is 2.95. The van der Waals surface area contributed by atoms with Gasteiger partial charge in [0.2, 0.25) is 0 Å². The highest BCUT2D eigenvalue weighted by Crippen LogP contribution is 2.32. The van der Waals surface area contributed by atoms with E-state index in [4.69, 9.17) is 0 Å². The molecule has 0 bridgehead atoms. The molecule has 7 heteroatoms. The first-order valence-corrected chi connectivity index (χ1v) is 8.23. The van der Waals surface area contributed by atoms with E-state index in [2.05, 4.69) is 15.4 Å². The summed E-state index contributed by atoms with van der Waals surface area (Å²) in [5.41, 5.74) is 2.64. The second-order valence-electron chi connectivity index (χ2n) is 6.14. The highest BCUT2D eigenvalue weighted by molar-refractivity contribution is 5.93. The van der Waals surface area contributed by atoms with Crippen LogP contribution in [0.2, 0.25) is 0 Å². The van der Waals surface area contributed by atoms with E-state index in [1.165, 1.54) is 12.1 Å². The predicted molar refractivity (Wildman–Crippen MR) is 98.7 cm³/mol. The summed E-state index contributed by atoms with van der Waals surface area (Å²) in [4.78, 5) is 4.31. The summed E-state index contributed by atoms with van der Waals surface area (Å²) in [6.07, 6.45) is -0.942. The second-order valence-corrected chi connectivity index (χ2v) is 6.14. The van der Waals surface area contributed by atoms with Crippen molar-refractivity contribution in [3.63, 3.8) is 0 Å². The Morgan fingerprint density at radius 2 is 1.74 bits per heavy atom. The first-order chi connectivity index (χ1) is 12.9. The molecule has 4 rings (SSSR count). The zero-order valence-corrected chi connectivity index (χ0v) is 14.3. The largest absolute Gasteiger partial charge is 0.416 e. The number of halogens is 3.